The molecule has 0 aliphatic rings. The van der Waals surface area contributed by atoms with Gasteiger partial charge in [0, 0.05) is 24.9 Å². The highest BCUT2D eigenvalue weighted by atomic mass is 16.3. The molecule has 0 aliphatic carbocycles. The maximum absolute atomic E-state index is 11.8. The molecule has 0 unspecified atom stereocenters. The fraction of sp³-hybridized carbons (Fsp3) is 0.312. The van der Waals surface area contributed by atoms with E-state index in [2.05, 4.69) is 5.32 Å². The molecule has 19 heavy (non-hydrogen) atoms. The van der Waals surface area contributed by atoms with E-state index in [1.165, 1.54) is 5.56 Å². The molecule has 2 aromatic rings. The summed E-state index contributed by atoms with van der Waals surface area (Å²) >= 11 is 0. The third-order valence-corrected chi connectivity index (χ3v) is 3.00. The van der Waals surface area contributed by atoms with Gasteiger partial charge in [0.15, 0.2) is 0 Å². The van der Waals surface area contributed by atoms with E-state index in [0.29, 0.717) is 12.8 Å². The summed E-state index contributed by atoms with van der Waals surface area (Å²) in [5.41, 5.74) is 2.02. The van der Waals surface area contributed by atoms with Crippen LogP contribution in [0.4, 0.5) is 5.69 Å². The molecule has 0 saturated heterocycles. The van der Waals surface area contributed by atoms with E-state index in [9.17, 15) is 4.79 Å². The lowest BCUT2D eigenvalue weighted by Gasteiger charge is -2.04. The van der Waals surface area contributed by atoms with Crippen molar-refractivity contribution in [2.24, 2.45) is 0 Å². The van der Waals surface area contributed by atoms with Gasteiger partial charge in [-0.05, 0) is 31.2 Å². The summed E-state index contributed by atoms with van der Waals surface area (Å²) in [4.78, 5) is 11.8. The first-order chi connectivity index (χ1) is 9.17. The van der Waals surface area contributed by atoms with E-state index in [0.717, 1.165) is 23.6 Å². The van der Waals surface area contributed by atoms with Crippen LogP contribution in [0, 0.1) is 6.92 Å². The van der Waals surface area contributed by atoms with Gasteiger partial charge >= 0.3 is 0 Å². The normalized spacial score (nSPS) is 10.4. The van der Waals surface area contributed by atoms with Gasteiger partial charge in [-0.1, -0.05) is 24.6 Å². The van der Waals surface area contributed by atoms with Crippen LogP contribution in [-0.2, 0) is 17.6 Å². The van der Waals surface area contributed by atoms with Crippen molar-refractivity contribution < 1.29 is 9.21 Å². The average molecular weight is 257 g/mol. The second kappa shape index (κ2) is 6.23. The molecule has 100 valence electrons. The van der Waals surface area contributed by atoms with Crippen molar-refractivity contribution in [3.05, 3.63) is 53.5 Å². The Balaban J connectivity index is 1.82. The number of amides is 1. The van der Waals surface area contributed by atoms with Crippen LogP contribution < -0.4 is 5.32 Å². The van der Waals surface area contributed by atoms with Gasteiger partial charge in [0.25, 0.3) is 0 Å². The Hall–Kier alpha value is -2.03. The van der Waals surface area contributed by atoms with E-state index >= 15 is 0 Å². The number of hydrogen-bond acceptors (Lipinski definition) is 2. The Bertz CT molecular complexity index is 540. The predicted molar refractivity (Wildman–Crippen MR) is 76.2 cm³/mol. The third-order valence-electron chi connectivity index (χ3n) is 3.00. The molecule has 2 rings (SSSR count). The van der Waals surface area contributed by atoms with Gasteiger partial charge in [-0.15, -0.1) is 0 Å². The quantitative estimate of drug-likeness (QED) is 0.887. The highest BCUT2D eigenvalue weighted by Gasteiger charge is 2.06. The van der Waals surface area contributed by atoms with Crippen LogP contribution in [0.15, 0.2) is 40.8 Å². The second-order valence-corrected chi connectivity index (χ2v) is 4.64. The molecule has 0 bridgehead atoms. The van der Waals surface area contributed by atoms with Gasteiger partial charge in [-0.25, -0.2) is 0 Å². The molecule has 3 nitrogen and oxygen atoms in total. The minimum Gasteiger partial charge on any atom is -0.466 e. The molecular formula is C16H19NO2. The van der Waals surface area contributed by atoms with Gasteiger partial charge < -0.3 is 9.73 Å². The monoisotopic (exact) mass is 257 g/mol. The Morgan fingerprint density at radius 3 is 2.42 bits per heavy atom. The molecule has 0 saturated carbocycles. The molecule has 0 radical (unpaired) electrons. The zero-order chi connectivity index (χ0) is 13.7. The maximum atomic E-state index is 11.8. The van der Waals surface area contributed by atoms with E-state index < -0.39 is 0 Å². The molecule has 1 amide bonds. The van der Waals surface area contributed by atoms with Crippen molar-refractivity contribution in [2.45, 2.75) is 33.1 Å². The number of carbonyl (C=O) groups is 1. The second-order valence-electron chi connectivity index (χ2n) is 4.64. The van der Waals surface area contributed by atoms with Gasteiger partial charge in [0.05, 0.1) is 0 Å². The van der Waals surface area contributed by atoms with Gasteiger partial charge in [-0.3, -0.25) is 4.79 Å². The van der Waals surface area contributed by atoms with Gasteiger partial charge in [0.2, 0.25) is 5.91 Å². The van der Waals surface area contributed by atoms with Crippen molar-refractivity contribution in [3.8, 4) is 0 Å². The van der Waals surface area contributed by atoms with Crippen molar-refractivity contribution in [3.63, 3.8) is 0 Å². The number of aryl methyl sites for hydroxylation is 3. The molecule has 0 aliphatic heterocycles. The first kappa shape index (κ1) is 13.4. The molecule has 1 aromatic carbocycles. The number of rotatable bonds is 5. The van der Waals surface area contributed by atoms with Crippen molar-refractivity contribution in [1.29, 1.82) is 0 Å². The predicted octanol–water partition coefficient (Wildman–Crippen LogP) is 3.72. The largest absolute Gasteiger partial charge is 0.466 e. The molecule has 1 N–H and O–H groups in total. The van der Waals surface area contributed by atoms with Crippen molar-refractivity contribution >= 4 is 11.6 Å². The summed E-state index contributed by atoms with van der Waals surface area (Å²) in [5, 5.41) is 2.88. The SMILES string of the molecule is CCc1ccc(CCC(=O)Nc2ccc(C)cc2)o1. The fourth-order valence-corrected chi connectivity index (χ4v) is 1.84. The summed E-state index contributed by atoms with van der Waals surface area (Å²) in [5.74, 6) is 1.85. The highest BCUT2D eigenvalue weighted by Crippen LogP contribution is 2.12. The number of anilines is 1. The average Bonchev–Trinajstić information content (AvgIpc) is 2.87. The summed E-state index contributed by atoms with van der Waals surface area (Å²) in [6, 6.07) is 11.7. The summed E-state index contributed by atoms with van der Waals surface area (Å²) in [6.07, 6.45) is 1.96. The highest BCUT2D eigenvalue weighted by molar-refractivity contribution is 5.90. The summed E-state index contributed by atoms with van der Waals surface area (Å²) in [7, 11) is 0. The van der Waals surface area contributed by atoms with Crippen LogP contribution in [0.25, 0.3) is 0 Å². The molecule has 1 heterocycles. The fourth-order valence-electron chi connectivity index (χ4n) is 1.84. The lowest BCUT2D eigenvalue weighted by atomic mass is 10.2. The Kier molecular flexibility index (Phi) is 4.39. The van der Waals surface area contributed by atoms with Gasteiger partial charge in [-0.2, -0.15) is 0 Å². The van der Waals surface area contributed by atoms with E-state index in [1.54, 1.807) is 0 Å². The Morgan fingerprint density at radius 2 is 1.79 bits per heavy atom. The van der Waals surface area contributed by atoms with Crippen LogP contribution in [0.2, 0.25) is 0 Å². The minimum atomic E-state index is 0.0123. The zero-order valence-electron chi connectivity index (χ0n) is 11.4. The number of nitrogens with one attached hydrogen (secondary N) is 1. The smallest absolute Gasteiger partial charge is 0.224 e. The summed E-state index contributed by atoms with van der Waals surface area (Å²) in [6.45, 7) is 4.07. The van der Waals surface area contributed by atoms with Crippen LogP contribution in [0.1, 0.15) is 30.4 Å². The molecule has 0 atom stereocenters. The van der Waals surface area contributed by atoms with Crippen LogP contribution in [0.3, 0.4) is 0 Å². The van der Waals surface area contributed by atoms with Gasteiger partial charge in [0.1, 0.15) is 11.5 Å². The van der Waals surface area contributed by atoms with Crippen molar-refractivity contribution in [1.82, 2.24) is 0 Å². The molecule has 0 fully saturated rings. The van der Waals surface area contributed by atoms with Crippen LogP contribution >= 0.6 is 0 Å². The maximum Gasteiger partial charge on any atom is 0.224 e. The number of hydrogen-bond donors (Lipinski definition) is 1. The lowest BCUT2D eigenvalue weighted by molar-refractivity contribution is -0.116. The minimum absolute atomic E-state index is 0.0123. The third kappa shape index (κ3) is 3.98. The number of furan rings is 1. The summed E-state index contributed by atoms with van der Waals surface area (Å²) < 4.78 is 5.57. The number of benzene rings is 1. The standard InChI is InChI=1S/C16H19NO2/c1-3-14-8-9-15(19-14)10-11-16(18)17-13-6-4-12(2)5-7-13/h4-9H,3,10-11H2,1-2H3,(H,17,18). The first-order valence-electron chi connectivity index (χ1n) is 6.61. The molecule has 0 spiro atoms. The molecule has 3 heteroatoms. The van der Waals surface area contributed by atoms with Crippen LogP contribution in [-0.4, -0.2) is 5.91 Å². The Morgan fingerprint density at radius 1 is 1.11 bits per heavy atom. The topological polar surface area (TPSA) is 42.2 Å². The first-order valence-corrected chi connectivity index (χ1v) is 6.61. The lowest BCUT2D eigenvalue weighted by Crippen LogP contribution is -2.12. The van der Waals surface area contributed by atoms with Crippen molar-refractivity contribution in [2.75, 3.05) is 5.32 Å². The van der Waals surface area contributed by atoms with E-state index in [4.69, 9.17) is 4.42 Å². The van der Waals surface area contributed by atoms with E-state index in [-0.39, 0.29) is 5.91 Å². The molecule has 1 aromatic heterocycles. The zero-order valence-corrected chi connectivity index (χ0v) is 11.4. The van der Waals surface area contributed by atoms with E-state index in [1.807, 2.05) is 50.2 Å². The number of carbonyl (C=O) groups excluding carboxylic acids is 1. The van der Waals surface area contributed by atoms with Crippen LogP contribution in [0.5, 0.6) is 0 Å². The molecular weight excluding hydrogens is 238 g/mol. The Labute approximate surface area is 113 Å².